The molecule has 0 fully saturated rings. The van der Waals surface area contributed by atoms with Gasteiger partial charge in [-0.1, -0.05) is 6.08 Å². The molecule has 0 atom stereocenters. The summed E-state index contributed by atoms with van der Waals surface area (Å²) in [6, 6.07) is 0. The Morgan fingerprint density at radius 3 is 3.00 bits per heavy atom. The zero-order valence-corrected chi connectivity index (χ0v) is 12.0. The van der Waals surface area contributed by atoms with Crippen molar-refractivity contribution in [1.29, 1.82) is 0 Å². The highest BCUT2D eigenvalue weighted by Crippen LogP contribution is 2.26. The fraction of sp³-hybridized carbons (Fsp3) is 0.667. The second-order valence-electron chi connectivity index (χ2n) is 4.83. The Morgan fingerprint density at radius 2 is 2.28 bits per heavy atom. The normalized spacial score (nSPS) is 17.0. The van der Waals surface area contributed by atoms with Crippen LogP contribution in [0.25, 0.3) is 5.57 Å². The van der Waals surface area contributed by atoms with Crippen LogP contribution in [0.5, 0.6) is 5.88 Å². The molecule has 1 aromatic rings. The molecule has 0 aliphatic carbocycles. The lowest BCUT2D eigenvalue weighted by Gasteiger charge is -2.22. The predicted octanol–water partition coefficient (Wildman–Crippen LogP) is 1.20. The number of hydrogen-bond donors (Lipinski definition) is 0. The summed E-state index contributed by atoms with van der Waals surface area (Å²) in [4.78, 5) is 4.38. The maximum absolute atomic E-state index is 5.71. The van der Waals surface area contributed by atoms with Gasteiger partial charge in [-0.15, -0.1) is 4.37 Å². The lowest BCUT2D eigenvalue weighted by Crippen LogP contribution is -2.25. The van der Waals surface area contributed by atoms with E-state index in [9.17, 15) is 0 Å². The maximum atomic E-state index is 5.71. The van der Waals surface area contributed by atoms with E-state index in [1.54, 1.807) is 0 Å². The summed E-state index contributed by atoms with van der Waals surface area (Å²) in [6.45, 7) is 3.57. The molecular formula is C12H20N4OS. The van der Waals surface area contributed by atoms with Crippen LogP contribution in [0.4, 0.5) is 0 Å². The molecule has 2 heterocycles. The van der Waals surface area contributed by atoms with E-state index >= 15 is 0 Å². The Morgan fingerprint density at radius 1 is 1.44 bits per heavy atom. The Balaban J connectivity index is 2.01. The van der Waals surface area contributed by atoms with Crippen molar-refractivity contribution in [2.45, 2.75) is 6.42 Å². The van der Waals surface area contributed by atoms with Crippen LogP contribution >= 0.6 is 11.7 Å². The highest BCUT2D eigenvalue weighted by atomic mass is 32.1. The van der Waals surface area contributed by atoms with E-state index in [1.807, 2.05) is 14.1 Å². The fourth-order valence-corrected chi connectivity index (χ4v) is 2.39. The zero-order chi connectivity index (χ0) is 13.0. The molecule has 2 rings (SSSR count). The Kier molecular flexibility index (Phi) is 4.68. The second-order valence-corrected chi connectivity index (χ2v) is 5.35. The number of hydrogen-bond acceptors (Lipinski definition) is 6. The molecule has 0 saturated carbocycles. The van der Waals surface area contributed by atoms with Gasteiger partial charge in [0.15, 0.2) is 0 Å². The first-order valence-electron chi connectivity index (χ1n) is 6.15. The van der Waals surface area contributed by atoms with Gasteiger partial charge in [0.05, 0.1) is 11.7 Å². The molecule has 18 heavy (non-hydrogen) atoms. The van der Waals surface area contributed by atoms with E-state index < -0.39 is 0 Å². The van der Waals surface area contributed by atoms with E-state index in [-0.39, 0.29) is 0 Å². The smallest absolute Gasteiger partial charge is 0.253 e. The van der Waals surface area contributed by atoms with Crippen molar-refractivity contribution >= 4 is 17.3 Å². The van der Waals surface area contributed by atoms with Gasteiger partial charge in [-0.25, -0.2) is 0 Å². The number of ether oxygens (including phenoxy) is 1. The predicted molar refractivity (Wildman–Crippen MR) is 74.0 cm³/mol. The number of rotatable bonds is 5. The molecule has 0 N–H and O–H groups in total. The van der Waals surface area contributed by atoms with Crippen LogP contribution in [0.2, 0.25) is 0 Å². The number of aromatic nitrogens is 2. The SMILES string of the molecule is CN(C)CCOc1nsnc1C1=CCCN(C)C1. The van der Waals surface area contributed by atoms with Crippen LogP contribution in [0.1, 0.15) is 12.1 Å². The molecule has 0 aromatic carbocycles. The number of nitrogens with zero attached hydrogens (tertiary/aromatic N) is 4. The summed E-state index contributed by atoms with van der Waals surface area (Å²) in [5.74, 6) is 0.684. The van der Waals surface area contributed by atoms with Gasteiger partial charge in [0, 0.05) is 19.6 Å². The molecule has 100 valence electrons. The number of likely N-dealkylation sites (N-methyl/N-ethyl adjacent to an activating group) is 2. The van der Waals surface area contributed by atoms with Crippen LogP contribution in [0, 0.1) is 0 Å². The quantitative estimate of drug-likeness (QED) is 0.802. The summed E-state index contributed by atoms with van der Waals surface area (Å²) < 4.78 is 14.3. The molecule has 6 heteroatoms. The van der Waals surface area contributed by atoms with Crippen molar-refractivity contribution in [3.63, 3.8) is 0 Å². The van der Waals surface area contributed by atoms with Gasteiger partial charge < -0.3 is 14.5 Å². The van der Waals surface area contributed by atoms with Gasteiger partial charge in [-0.2, -0.15) is 4.37 Å². The molecule has 0 radical (unpaired) electrons. The van der Waals surface area contributed by atoms with Crippen molar-refractivity contribution < 1.29 is 4.74 Å². The third kappa shape index (κ3) is 3.51. The topological polar surface area (TPSA) is 41.5 Å². The summed E-state index contributed by atoms with van der Waals surface area (Å²) in [5.41, 5.74) is 2.16. The van der Waals surface area contributed by atoms with E-state index in [2.05, 4.69) is 31.7 Å². The largest absolute Gasteiger partial charge is 0.474 e. The lowest BCUT2D eigenvalue weighted by atomic mass is 10.1. The van der Waals surface area contributed by atoms with Crippen LogP contribution in [0.15, 0.2) is 6.08 Å². The van der Waals surface area contributed by atoms with Crippen molar-refractivity contribution in [3.8, 4) is 5.88 Å². The molecule has 1 aliphatic rings. The highest BCUT2D eigenvalue weighted by Gasteiger charge is 2.18. The van der Waals surface area contributed by atoms with Crippen LogP contribution in [-0.4, -0.2) is 65.9 Å². The summed E-state index contributed by atoms with van der Waals surface area (Å²) in [5, 5.41) is 0. The van der Waals surface area contributed by atoms with Gasteiger partial charge >= 0.3 is 0 Å². The van der Waals surface area contributed by atoms with Gasteiger partial charge in [-0.3, -0.25) is 0 Å². The van der Waals surface area contributed by atoms with E-state index in [4.69, 9.17) is 4.74 Å². The Bertz CT molecular complexity index is 416. The molecule has 0 spiro atoms. The van der Waals surface area contributed by atoms with Crippen molar-refractivity contribution in [1.82, 2.24) is 18.5 Å². The van der Waals surface area contributed by atoms with Gasteiger partial charge in [0.25, 0.3) is 5.88 Å². The van der Waals surface area contributed by atoms with Gasteiger partial charge in [0.1, 0.15) is 12.3 Å². The molecule has 0 unspecified atom stereocenters. The third-order valence-corrected chi connectivity index (χ3v) is 3.39. The third-order valence-electron chi connectivity index (χ3n) is 2.88. The maximum Gasteiger partial charge on any atom is 0.253 e. The van der Waals surface area contributed by atoms with E-state index in [0.717, 1.165) is 31.7 Å². The van der Waals surface area contributed by atoms with Gasteiger partial charge in [-0.05, 0) is 33.1 Å². The minimum Gasteiger partial charge on any atom is -0.474 e. The molecule has 5 nitrogen and oxygen atoms in total. The van der Waals surface area contributed by atoms with Crippen molar-refractivity contribution in [2.24, 2.45) is 0 Å². The monoisotopic (exact) mass is 268 g/mol. The average molecular weight is 268 g/mol. The van der Waals surface area contributed by atoms with Crippen LogP contribution in [-0.2, 0) is 0 Å². The van der Waals surface area contributed by atoms with Crippen molar-refractivity contribution in [3.05, 3.63) is 11.8 Å². The molecule has 0 amide bonds. The van der Waals surface area contributed by atoms with E-state index in [0.29, 0.717) is 12.5 Å². The highest BCUT2D eigenvalue weighted by molar-refractivity contribution is 6.99. The molecule has 1 aromatic heterocycles. The summed E-state index contributed by atoms with van der Waals surface area (Å²) in [7, 11) is 6.18. The molecule has 1 aliphatic heterocycles. The fourth-order valence-electron chi connectivity index (χ4n) is 1.86. The Labute approximate surface area is 112 Å². The Hall–Kier alpha value is -0.980. The second kappa shape index (κ2) is 6.26. The minimum absolute atomic E-state index is 0.647. The first-order valence-corrected chi connectivity index (χ1v) is 6.88. The lowest BCUT2D eigenvalue weighted by molar-refractivity contribution is 0.254. The zero-order valence-electron chi connectivity index (χ0n) is 11.2. The molecule has 0 bridgehead atoms. The van der Waals surface area contributed by atoms with Gasteiger partial charge in [0.2, 0.25) is 0 Å². The molecular weight excluding hydrogens is 248 g/mol. The first-order chi connectivity index (χ1) is 8.66. The summed E-state index contributed by atoms with van der Waals surface area (Å²) >= 11 is 1.22. The van der Waals surface area contributed by atoms with Crippen LogP contribution < -0.4 is 4.74 Å². The summed E-state index contributed by atoms with van der Waals surface area (Å²) in [6.07, 6.45) is 3.32. The van der Waals surface area contributed by atoms with Crippen molar-refractivity contribution in [2.75, 3.05) is 47.4 Å². The average Bonchev–Trinajstić information content (AvgIpc) is 2.77. The van der Waals surface area contributed by atoms with E-state index in [1.165, 1.54) is 17.3 Å². The van der Waals surface area contributed by atoms with Crippen LogP contribution in [0.3, 0.4) is 0 Å². The molecule has 0 saturated heterocycles. The first kappa shape index (κ1) is 13.5. The standard InChI is InChI=1S/C12H20N4OS/c1-15(2)7-8-17-12-11(13-18-14-12)10-5-4-6-16(3)9-10/h5H,4,6-9H2,1-3H3. The minimum atomic E-state index is 0.647.